The van der Waals surface area contributed by atoms with Crippen molar-refractivity contribution in [3.05, 3.63) is 110 Å². The highest BCUT2D eigenvalue weighted by Crippen LogP contribution is 2.45. The maximum atomic E-state index is 12.9. The second-order valence-corrected chi connectivity index (χ2v) is 16.9. The van der Waals surface area contributed by atoms with Crippen LogP contribution in [0.5, 0.6) is 17.2 Å². The van der Waals surface area contributed by atoms with E-state index in [4.69, 9.17) is 18.9 Å². The highest BCUT2D eigenvalue weighted by atomic mass is 32.2. The van der Waals surface area contributed by atoms with E-state index in [9.17, 15) is 33.8 Å². The van der Waals surface area contributed by atoms with Gasteiger partial charge in [-0.15, -0.1) is 0 Å². The number of rotatable bonds is 18. The van der Waals surface area contributed by atoms with Crippen molar-refractivity contribution in [3.63, 3.8) is 0 Å². The molecule has 0 spiro atoms. The van der Waals surface area contributed by atoms with Gasteiger partial charge in [0.05, 0.1) is 9.83 Å². The van der Waals surface area contributed by atoms with E-state index in [1.54, 1.807) is 36.3 Å². The zero-order chi connectivity index (χ0) is 41.6. The number of nitrogens with zero attached hydrogens (tertiary/aromatic N) is 2. The Bertz CT molecular complexity index is 2000. The largest absolute Gasteiger partial charge is 0.616 e. The summed E-state index contributed by atoms with van der Waals surface area (Å²) in [7, 11) is 0. The number of unbranched alkanes of at least 4 members (excludes halogenated alkanes) is 5. The molecule has 3 heterocycles. The number of nitrogens with one attached hydrogen (secondary N) is 1. The van der Waals surface area contributed by atoms with E-state index >= 15 is 0 Å². The number of carbonyl (C=O) groups is 3. The minimum Gasteiger partial charge on any atom is -0.616 e. The minimum absolute atomic E-state index is 0.107. The number of nitro groups is 1. The molecule has 0 radical (unpaired) electrons. The molecule has 3 aliphatic rings. The number of esters is 1. The molecule has 3 aliphatic heterocycles. The Kier molecular flexibility index (Phi) is 16.2. The molecule has 308 valence electrons. The van der Waals surface area contributed by atoms with E-state index in [0.29, 0.717) is 18.1 Å². The number of nitro benzene ring substituents is 1. The molecule has 3 aromatic carbocycles. The van der Waals surface area contributed by atoms with Crippen LogP contribution in [0.15, 0.2) is 89.0 Å². The maximum absolute atomic E-state index is 12.9. The molecule has 0 aliphatic carbocycles. The number of fused-ring (bicyclic) bond motifs is 2. The molecule has 3 aromatic rings. The van der Waals surface area contributed by atoms with Gasteiger partial charge in [0, 0.05) is 24.1 Å². The van der Waals surface area contributed by atoms with Gasteiger partial charge < -0.3 is 28.8 Å². The van der Waals surface area contributed by atoms with E-state index < -0.39 is 45.3 Å². The second-order valence-electron chi connectivity index (χ2n) is 13.8. The molecule has 1 N–H and O–H groups in total. The van der Waals surface area contributed by atoms with Gasteiger partial charge in [0.15, 0.2) is 18.1 Å². The summed E-state index contributed by atoms with van der Waals surface area (Å²) in [6.45, 7) is 5.59. The summed E-state index contributed by atoms with van der Waals surface area (Å²) >= 11 is 0.268. The van der Waals surface area contributed by atoms with Crippen molar-refractivity contribution in [2.75, 3.05) is 19.2 Å². The highest BCUT2D eigenvalue weighted by Gasteiger charge is 2.55. The van der Waals surface area contributed by atoms with Gasteiger partial charge in [-0.25, -0.2) is 9.59 Å². The summed E-state index contributed by atoms with van der Waals surface area (Å²) in [5, 5.41) is 12.8. The topological polar surface area (TPSA) is 187 Å². The Hall–Kier alpha value is -5.28. The van der Waals surface area contributed by atoms with E-state index in [1.807, 2.05) is 18.2 Å². The van der Waals surface area contributed by atoms with Crippen LogP contribution in [0.3, 0.4) is 0 Å². The molecule has 6 rings (SSSR count). The summed E-state index contributed by atoms with van der Waals surface area (Å²) in [5.41, 5.74) is 1.68. The van der Waals surface area contributed by atoms with Gasteiger partial charge >= 0.3 is 5.97 Å². The van der Waals surface area contributed by atoms with Crippen LogP contribution < -0.4 is 19.5 Å². The second kappa shape index (κ2) is 21.5. The van der Waals surface area contributed by atoms with E-state index in [2.05, 4.69) is 19.2 Å². The molecule has 16 heteroatoms. The third-order valence-electron chi connectivity index (χ3n) is 9.56. The van der Waals surface area contributed by atoms with Crippen LogP contribution in [0, 0.1) is 10.1 Å². The molecule has 0 saturated carbocycles. The average Bonchev–Trinajstić information content (AvgIpc) is 3.71. The zero-order valence-electron chi connectivity index (χ0n) is 32.6. The van der Waals surface area contributed by atoms with Gasteiger partial charge in [-0.2, -0.15) is 0 Å². The quantitative estimate of drug-likeness (QED) is 0.0277. The average molecular weight is 834 g/mol. The summed E-state index contributed by atoms with van der Waals surface area (Å²) in [5.74, 6) is 2.79. The normalized spacial score (nSPS) is 17.5. The third-order valence-corrected chi connectivity index (χ3v) is 12.7. The van der Waals surface area contributed by atoms with E-state index in [-0.39, 0.29) is 40.3 Å². The summed E-state index contributed by atoms with van der Waals surface area (Å²) in [6, 6.07) is 19.2. The summed E-state index contributed by atoms with van der Waals surface area (Å²) < 4.78 is 33.7. The monoisotopic (exact) mass is 833 g/mol. The number of thioether (sulfide) groups is 1. The number of hydrogen-bond donors (Lipinski definition) is 1. The maximum Gasteiger partial charge on any atom is 0.355 e. The molecule has 14 nitrogen and oxygen atoms in total. The molecule has 4 atom stereocenters. The SMILES string of the molecule is CC1=C(C(=O)OCc2ccc([N+](=O)[O-])cc2)N2C(=O)C(NC(=O)COc3ccccc3)[C@H]2SC1=C=O.CCCCCCCC[S+]([O-])C(C)Cc1ccc2c(c1)OCO2. The fourth-order valence-electron chi connectivity index (χ4n) is 6.34. The first-order valence-electron chi connectivity index (χ1n) is 19.1. The predicted molar refractivity (Wildman–Crippen MR) is 219 cm³/mol. The van der Waals surface area contributed by atoms with Gasteiger partial charge in [0.1, 0.15) is 46.4 Å². The van der Waals surface area contributed by atoms with Crippen LogP contribution in [0.25, 0.3) is 0 Å². The Labute approximate surface area is 344 Å². The first kappa shape index (κ1) is 43.8. The number of allylic oxidation sites excluding steroid dienone is 1. The number of benzene rings is 3. The van der Waals surface area contributed by atoms with Crippen LogP contribution in [-0.4, -0.2) is 73.9 Å². The van der Waals surface area contributed by atoms with Gasteiger partial charge in [-0.3, -0.25) is 24.6 Å². The molecular weight excluding hydrogens is 787 g/mol. The standard InChI is InChI=1S/C24H19N3O8S.C18H28O3S/c1-14-18(11-28)36-23-20(25-19(29)13-34-17-5-3-2-4-6-17)22(30)26(23)21(14)24(31)35-12-15-7-9-16(10-8-15)27(32)33;1-3-4-5-6-7-8-11-22(19)15(2)12-16-9-10-17-18(13-16)21-14-20-17/h2-10,20,23H,12-13H2,1H3,(H,25,29);9-10,13,15H,3-8,11-12,14H2,1-2H3/t20?,23-;/m1./s1. The van der Waals surface area contributed by atoms with Gasteiger partial charge in [0.25, 0.3) is 17.5 Å². The zero-order valence-corrected chi connectivity index (χ0v) is 34.3. The first-order valence-corrected chi connectivity index (χ1v) is 21.4. The summed E-state index contributed by atoms with van der Waals surface area (Å²) in [4.78, 5) is 61.2. The minimum atomic E-state index is -0.976. The van der Waals surface area contributed by atoms with Crippen molar-refractivity contribution < 1.29 is 47.6 Å². The Morgan fingerprint density at radius 3 is 2.41 bits per heavy atom. The molecule has 1 saturated heterocycles. The highest BCUT2D eigenvalue weighted by molar-refractivity contribution is 8.04. The molecule has 1 fully saturated rings. The van der Waals surface area contributed by atoms with Crippen molar-refractivity contribution in [2.45, 2.75) is 89.0 Å². The number of hydrogen-bond acceptors (Lipinski definition) is 12. The van der Waals surface area contributed by atoms with Gasteiger partial charge in [0.2, 0.25) is 6.79 Å². The lowest BCUT2D eigenvalue weighted by Crippen LogP contribution is -2.70. The number of amides is 2. The van der Waals surface area contributed by atoms with E-state index in [1.165, 1.54) is 73.8 Å². The summed E-state index contributed by atoms with van der Waals surface area (Å²) in [6.07, 6.45) is 8.32. The number of carbonyl (C=O) groups excluding carboxylic acids is 4. The van der Waals surface area contributed by atoms with Crippen LogP contribution in [0.2, 0.25) is 0 Å². The predicted octanol–water partition coefficient (Wildman–Crippen LogP) is 6.56. The van der Waals surface area contributed by atoms with E-state index in [0.717, 1.165) is 41.9 Å². The van der Waals surface area contributed by atoms with Crippen LogP contribution in [0.4, 0.5) is 5.69 Å². The van der Waals surface area contributed by atoms with Crippen LogP contribution >= 0.6 is 11.8 Å². The van der Waals surface area contributed by atoms with Crippen molar-refractivity contribution in [1.29, 1.82) is 0 Å². The Morgan fingerprint density at radius 2 is 1.71 bits per heavy atom. The molecular formula is C42H47N3O11S2. The van der Waals surface area contributed by atoms with Crippen molar-refractivity contribution in [1.82, 2.24) is 10.2 Å². The molecule has 2 amide bonds. The number of β-lactam (4-membered cyclic amide) rings is 1. The molecule has 58 heavy (non-hydrogen) atoms. The lowest BCUT2D eigenvalue weighted by Gasteiger charge is -2.49. The molecule has 3 unspecified atom stereocenters. The third kappa shape index (κ3) is 11.7. The molecule has 0 aromatic heterocycles. The Morgan fingerprint density at radius 1 is 1.02 bits per heavy atom. The first-order chi connectivity index (χ1) is 28.0. The van der Waals surface area contributed by atoms with Crippen LogP contribution in [-0.2, 0) is 48.1 Å². The smallest absolute Gasteiger partial charge is 0.355 e. The fourth-order valence-corrected chi connectivity index (χ4v) is 8.80. The van der Waals surface area contributed by atoms with Crippen LogP contribution in [0.1, 0.15) is 70.4 Å². The number of para-hydroxylation sites is 1. The number of non-ortho nitro benzene ring substituents is 1. The molecule has 0 bridgehead atoms. The lowest BCUT2D eigenvalue weighted by atomic mass is 10.0. The van der Waals surface area contributed by atoms with Crippen molar-refractivity contribution in [2.24, 2.45) is 0 Å². The van der Waals surface area contributed by atoms with Crippen molar-refractivity contribution in [3.8, 4) is 17.2 Å². The fraction of sp³-hybridized carbons (Fsp3) is 0.405. The Balaban J connectivity index is 0.000000249. The number of ether oxygens (including phenoxy) is 4. The van der Waals surface area contributed by atoms with Gasteiger partial charge in [-0.1, -0.05) is 79.8 Å². The van der Waals surface area contributed by atoms with Gasteiger partial charge in [-0.05, 0) is 74.2 Å². The lowest BCUT2D eigenvalue weighted by molar-refractivity contribution is -0.384. The van der Waals surface area contributed by atoms with Crippen molar-refractivity contribution >= 4 is 52.4 Å².